The van der Waals surface area contributed by atoms with E-state index in [4.69, 9.17) is 28.4 Å². The number of nitrogens with zero attached hydrogens (tertiary/aromatic N) is 1. The highest BCUT2D eigenvalue weighted by atomic mass is 35.5. The monoisotopic (exact) mass is 295 g/mol. The molecule has 0 saturated carbocycles. The molecule has 94 valence electrons. The molecule has 17 heavy (non-hydrogen) atoms. The highest BCUT2D eigenvalue weighted by Gasteiger charge is 2.17. The highest BCUT2D eigenvalue weighted by Crippen LogP contribution is 2.22. The molecule has 0 amide bonds. The van der Waals surface area contributed by atoms with Crippen LogP contribution in [0, 0.1) is 0 Å². The van der Waals surface area contributed by atoms with Gasteiger partial charge in [-0.2, -0.15) is 0 Å². The summed E-state index contributed by atoms with van der Waals surface area (Å²) < 4.78 is 22.9. The Morgan fingerprint density at radius 3 is 2.53 bits per heavy atom. The lowest BCUT2D eigenvalue weighted by atomic mass is 10.1. The summed E-state index contributed by atoms with van der Waals surface area (Å²) in [5.74, 6) is -0.390. The summed E-state index contributed by atoms with van der Waals surface area (Å²) >= 11 is 11.6. The Kier molecular flexibility index (Phi) is 4.80. The van der Waals surface area contributed by atoms with Gasteiger partial charge in [0, 0.05) is 16.3 Å². The third-order valence-corrected chi connectivity index (χ3v) is 4.30. The summed E-state index contributed by atoms with van der Waals surface area (Å²) in [7, 11) is -3.29. The Bertz CT molecular complexity index is 540. The van der Waals surface area contributed by atoms with Crippen LogP contribution in [-0.4, -0.2) is 30.8 Å². The third-order valence-electron chi connectivity index (χ3n) is 2.16. The van der Waals surface area contributed by atoms with Crippen LogP contribution in [0.3, 0.4) is 0 Å². The van der Waals surface area contributed by atoms with Crippen LogP contribution in [-0.2, 0) is 9.84 Å². The molecule has 0 spiro atoms. The minimum absolute atomic E-state index is 0.00789. The molecule has 0 aliphatic heterocycles. The number of oxime groups is 1. The maximum Gasteiger partial charge on any atom is 0.155 e. The van der Waals surface area contributed by atoms with Gasteiger partial charge in [-0.1, -0.05) is 41.3 Å². The first kappa shape index (κ1) is 14.3. The molecule has 0 saturated heterocycles. The largest absolute Gasteiger partial charge is 0.411 e. The van der Waals surface area contributed by atoms with Crippen molar-refractivity contribution in [2.75, 3.05) is 11.5 Å². The SMILES string of the molecule is CCS(=O)(=O)CC(=NO)c1ccc(Cl)cc1Cl. The van der Waals surface area contributed by atoms with Crippen LogP contribution in [0.15, 0.2) is 23.4 Å². The number of rotatable bonds is 4. The summed E-state index contributed by atoms with van der Waals surface area (Å²) in [6, 6.07) is 4.53. The van der Waals surface area contributed by atoms with Crippen LogP contribution in [0.1, 0.15) is 12.5 Å². The smallest absolute Gasteiger partial charge is 0.155 e. The van der Waals surface area contributed by atoms with Crippen molar-refractivity contribution in [3.63, 3.8) is 0 Å². The van der Waals surface area contributed by atoms with Crippen molar-refractivity contribution in [2.24, 2.45) is 5.16 Å². The molecule has 0 heterocycles. The second-order valence-electron chi connectivity index (χ2n) is 3.35. The summed E-state index contributed by atoms with van der Waals surface area (Å²) in [6.45, 7) is 1.52. The third kappa shape index (κ3) is 3.87. The maximum atomic E-state index is 11.5. The number of hydrogen-bond donors (Lipinski definition) is 1. The summed E-state index contributed by atoms with van der Waals surface area (Å²) in [4.78, 5) is 0. The Hall–Kier alpha value is -0.780. The van der Waals surface area contributed by atoms with Crippen molar-refractivity contribution < 1.29 is 13.6 Å². The van der Waals surface area contributed by atoms with E-state index in [1.165, 1.54) is 19.1 Å². The Morgan fingerprint density at radius 1 is 1.41 bits per heavy atom. The maximum absolute atomic E-state index is 11.5. The van der Waals surface area contributed by atoms with Gasteiger partial charge in [-0.25, -0.2) is 8.42 Å². The first-order chi connectivity index (χ1) is 7.89. The molecule has 0 aromatic heterocycles. The lowest BCUT2D eigenvalue weighted by molar-refractivity contribution is 0.319. The van der Waals surface area contributed by atoms with Crippen LogP contribution in [0.25, 0.3) is 0 Å². The van der Waals surface area contributed by atoms with E-state index in [-0.39, 0.29) is 22.2 Å². The van der Waals surface area contributed by atoms with Gasteiger partial charge in [0.1, 0.15) is 5.71 Å². The zero-order valence-electron chi connectivity index (χ0n) is 9.02. The normalized spacial score (nSPS) is 12.8. The fraction of sp³-hybridized carbons (Fsp3) is 0.300. The lowest BCUT2D eigenvalue weighted by Gasteiger charge is -2.07. The molecule has 1 rings (SSSR count). The van der Waals surface area contributed by atoms with Crippen molar-refractivity contribution >= 4 is 38.8 Å². The van der Waals surface area contributed by atoms with Crippen molar-refractivity contribution in [2.45, 2.75) is 6.92 Å². The molecule has 4 nitrogen and oxygen atoms in total. The van der Waals surface area contributed by atoms with Crippen LogP contribution in [0.2, 0.25) is 10.0 Å². The molecule has 0 atom stereocenters. The van der Waals surface area contributed by atoms with Gasteiger partial charge in [-0.05, 0) is 12.1 Å². The van der Waals surface area contributed by atoms with Crippen molar-refractivity contribution in [1.29, 1.82) is 0 Å². The highest BCUT2D eigenvalue weighted by molar-refractivity contribution is 7.92. The quantitative estimate of drug-likeness (QED) is 0.527. The second kappa shape index (κ2) is 5.71. The van der Waals surface area contributed by atoms with Gasteiger partial charge in [0.15, 0.2) is 9.84 Å². The van der Waals surface area contributed by atoms with Crippen LogP contribution in [0.4, 0.5) is 0 Å². The minimum atomic E-state index is -3.29. The molecule has 1 aromatic carbocycles. The van der Waals surface area contributed by atoms with Gasteiger partial charge in [0.05, 0.1) is 10.8 Å². The van der Waals surface area contributed by atoms with E-state index in [0.29, 0.717) is 10.6 Å². The zero-order chi connectivity index (χ0) is 13.1. The topological polar surface area (TPSA) is 66.7 Å². The van der Waals surface area contributed by atoms with Crippen molar-refractivity contribution in [3.05, 3.63) is 33.8 Å². The second-order valence-corrected chi connectivity index (χ2v) is 6.54. The van der Waals surface area contributed by atoms with E-state index in [1.54, 1.807) is 6.07 Å². The van der Waals surface area contributed by atoms with Gasteiger partial charge in [0.25, 0.3) is 0 Å². The number of hydrogen-bond acceptors (Lipinski definition) is 4. The molecule has 1 aromatic rings. The van der Waals surface area contributed by atoms with Gasteiger partial charge in [-0.15, -0.1) is 0 Å². The molecule has 0 radical (unpaired) electrons. The minimum Gasteiger partial charge on any atom is -0.411 e. The zero-order valence-corrected chi connectivity index (χ0v) is 11.3. The molecule has 0 unspecified atom stereocenters. The van der Waals surface area contributed by atoms with Crippen LogP contribution >= 0.6 is 23.2 Å². The number of benzene rings is 1. The van der Waals surface area contributed by atoms with Crippen LogP contribution < -0.4 is 0 Å². The van der Waals surface area contributed by atoms with Crippen molar-refractivity contribution in [1.82, 2.24) is 0 Å². The Labute approximate surface area is 110 Å². The standard InChI is InChI=1S/C10H11Cl2NO3S/c1-2-17(15,16)6-10(13-14)8-4-3-7(11)5-9(8)12/h3-5,14H,2,6H2,1H3. The van der Waals surface area contributed by atoms with E-state index in [9.17, 15) is 8.42 Å². The molecule has 0 aliphatic carbocycles. The van der Waals surface area contributed by atoms with E-state index in [0.717, 1.165) is 0 Å². The predicted octanol–water partition coefficient (Wildman–Crippen LogP) is 2.61. The Balaban J connectivity index is 3.12. The van der Waals surface area contributed by atoms with Crippen molar-refractivity contribution in [3.8, 4) is 0 Å². The lowest BCUT2D eigenvalue weighted by Crippen LogP contribution is -2.19. The average molecular weight is 296 g/mol. The first-order valence-electron chi connectivity index (χ1n) is 4.76. The average Bonchev–Trinajstić information content (AvgIpc) is 2.26. The van der Waals surface area contributed by atoms with Gasteiger partial charge in [-0.3, -0.25) is 0 Å². The fourth-order valence-electron chi connectivity index (χ4n) is 1.19. The summed E-state index contributed by atoms with van der Waals surface area (Å²) in [5.41, 5.74) is 0.365. The predicted molar refractivity (Wildman–Crippen MR) is 69.1 cm³/mol. The molecular formula is C10H11Cl2NO3S. The molecule has 0 fully saturated rings. The van der Waals surface area contributed by atoms with E-state index >= 15 is 0 Å². The van der Waals surface area contributed by atoms with Gasteiger partial charge < -0.3 is 5.21 Å². The summed E-state index contributed by atoms with van der Waals surface area (Å²) in [6.07, 6.45) is 0. The first-order valence-corrected chi connectivity index (χ1v) is 7.34. The summed E-state index contributed by atoms with van der Waals surface area (Å²) in [5, 5.41) is 12.5. The molecule has 0 aliphatic rings. The molecule has 0 bridgehead atoms. The van der Waals surface area contributed by atoms with Gasteiger partial charge in [0.2, 0.25) is 0 Å². The van der Waals surface area contributed by atoms with E-state index in [1.807, 2.05) is 0 Å². The molecule has 1 N–H and O–H groups in total. The fourth-order valence-corrected chi connectivity index (χ4v) is 2.55. The molecular weight excluding hydrogens is 285 g/mol. The van der Waals surface area contributed by atoms with Gasteiger partial charge >= 0.3 is 0 Å². The van der Waals surface area contributed by atoms with E-state index in [2.05, 4.69) is 5.16 Å². The Morgan fingerprint density at radius 2 is 2.06 bits per heavy atom. The number of halogens is 2. The molecule has 7 heteroatoms. The number of sulfone groups is 1. The van der Waals surface area contributed by atoms with E-state index < -0.39 is 9.84 Å². The van der Waals surface area contributed by atoms with Crippen LogP contribution in [0.5, 0.6) is 0 Å².